The van der Waals surface area contributed by atoms with E-state index in [0.717, 1.165) is 32.1 Å². The monoisotopic (exact) mass is 426 g/mol. The molecule has 4 nitrogen and oxygen atoms in total. The Hall–Kier alpha value is -1.06. The molecule has 0 aliphatic rings. The van der Waals surface area contributed by atoms with E-state index in [9.17, 15) is 9.59 Å². The smallest absolute Gasteiger partial charge is 0.248 e. The molecule has 1 atom stereocenters. The average Bonchev–Trinajstić information content (AvgIpc) is 2.73. The lowest BCUT2D eigenvalue weighted by Crippen LogP contribution is -2.19. The first-order chi connectivity index (χ1) is 14.6. The number of hydrogen-bond acceptors (Lipinski definition) is 4. The Labute approximate surface area is 186 Å². The number of carbonyl (C=O) groups excluding carboxylic acids is 2. The summed E-state index contributed by atoms with van der Waals surface area (Å²) >= 11 is 0. The first-order valence-corrected chi connectivity index (χ1v) is 13.0. The van der Waals surface area contributed by atoms with Crippen molar-refractivity contribution in [2.45, 2.75) is 149 Å². The summed E-state index contributed by atoms with van der Waals surface area (Å²) in [5.41, 5.74) is 0. The molecular formula is C26H50O4. The van der Waals surface area contributed by atoms with E-state index in [1.807, 2.05) is 0 Å². The minimum Gasteiger partial charge on any atom is -0.248 e. The number of hydrogen-bond donors (Lipinski definition) is 0. The zero-order chi connectivity index (χ0) is 22.3. The van der Waals surface area contributed by atoms with Crippen LogP contribution in [-0.4, -0.2) is 11.9 Å². The highest BCUT2D eigenvalue weighted by Crippen LogP contribution is 2.21. The summed E-state index contributed by atoms with van der Waals surface area (Å²) in [7, 11) is 0. The van der Waals surface area contributed by atoms with E-state index in [0.29, 0.717) is 0 Å². The highest BCUT2D eigenvalue weighted by molar-refractivity contribution is 5.73. The summed E-state index contributed by atoms with van der Waals surface area (Å²) in [6.45, 7) is 5.70. The summed E-state index contributed by atoms with van der Waals surface area (Å²) in [4.78, 5) is 32.2. The van der Waals surface area contributed by atoms with Crippen LogP contribution in [-0.2, 0) is 19.4 Å². The molecule has 0 bridgehead atoms. The molecule has 0 aliphatic carbocycles. The number of rotatable bonds is 21. The van der Waals surface area contributed by atoms with Gasteiger partial charge in [0.25, 0.3) is 0 Å². The van der Waals surface area contributed by atoms with Crippen LogP contribution in [0.2, 0.25) is 0 Å². The summed E-state index contributed by atoms with van der Waals surface area (Å²) in [5, 5.41) is 0. The Morgan fingerprint density at radius 1 is 0.533 bits per heavy atom. The second-order valence-corrected chi connectivity index (χ2v) is 8.91. The fraction of sp³-hybridized carbons (Fsp3) is 0.923. The van der Waals surface area contributed by atoms with Crippen molar-refractivity contribution in [3.63, 3.8) is 0 Å². The van der Waals surface area contributed by atoms with E-state index in [4.69, 9.17) is 4.89 Å². The lowest BCUT2D eigenvalue weighted by molar-refractivity contribution is -0.260. The van der Waals surface area contributed by atoms with Gasteiger partial charge in [-0.2, -0.15) is 0 Å². The highest BCUT2D eigenvalue weighted by atomic mass is 17.2. The topological polar surface area (TPSA) is 52.6 Å². The number of carbonyl (C=O) groups is 2. The molecular weight excluding hydrogens is 376 g/mol. The predicted octanol–water partition coefficient (Wildman–Crippen LogP) is 8.47. The molecule has 0 N–H and O–H groups in total. The maximum atomic E-state index is 12.2. The van der Waals surface area contributed by atoms with Crippen LogP contribution in [0.4, 0.5) is 0 Å². The van der Waals surface area contributed by atoms with Crippen LogP contribution >= 0.6 is 0 Å². The van der Waals surface area contributed by atoms with E-state index in [1.54, 1.807) is 0 Å². The molecule has 1 unspecified atom stereocenters. The molecule has 0 aromatic carbocycles. The largest absolute Gasteiger partial charge is 0.358 e. The third-order valence-electron chi connectivity index (χ3n) is 5.89. The third kappa shape index (κ3) is 20.2. The van der Waals surface area contributed by atoms with E-state index in [1.165, 1.54) is 103 Å². The molecule has 0 radical (unpaired) electrons. The van der Waals surface area contributed by atoms with Gasteiger partial charge in [-0.1, -0.05) is 129 Å². The second kappa shape index (κ2) is 22.6. The van der Waals surface area contributed by atoms with E-state index in [-0.39, 0.29) is 11.9 Å². The van der Waals surface area contributed by atoms with Gasteiger partial charge in [-0.05, 0) is 12.8 Å². The van der Waals surface area contributed by atoms with Gasteiger partial charge in [0.15, 0.2) is 0 Å². The SMILES string of the molecule is CCCCCCCCCCCCCCCCC(CCCCCC)C(=O)OOC(C)=O. The Bertz CT molecular complexity index is 394. The van der Waals surface area contributed by atoms with Crippen LogP contribution < -0.4 is 0 Å². The van der Waals surface area contributed by atoms with Gasteiger partial charge in [-0.3, -0.25) is 0 Å². The van der Waals surface area contributed by atoms with E-state index < -0.39 is 5.97 Å². The molecule has 4 heteroatoms. The highest BCUT2D eigenvalue weighted by Gasteiger charge is 2.21. The number of unbranched alkanes of at least 4 members (excludes halogenated alkanes) is 16. The van der Waals surface area contributed by atoms with Gasteiger partial charge in [-0.15, -0.1) is 0 Å². The Morgan fingerprint density at radius 3 is 1.23 bits per heavy atom. The molecule has 30 heavy (non-hydrogen) atoms. The normalized spacial score (nSPS) is 12.0. The molecule has 0 aliphatic heterocycles. The first kappa shape index (κ1) is 28.9. The van der Waals surface area contributed by atoms with Gasteiger partial charge in [0.05, 0.1) is 5.92 Å². The standard InChI is InChI=1S/C26H50O4/c1-4-6-8-10-11-12-13-14-15-16-17-18-19-21-23-25(22-20-9-7-5-2)26(28)30-29-24(3)27/h25H,4-23H2,1-3H3. The van der Waals surface area contributed by atoms with E-state index >= 15 is 0 Å². The van der Waals surface area contributed by atoms with Crippen molar-refractivity contribution in [1.29, 1.82) is 0 Å². The molecule has 178 valence electrons. The van der Waals surface area contributed by atoms with Crippen molar-refractivity contribution in [2.75, 3.05) is 0 Å². The van der Waals surface area contributed by atoms with Crippen molar-refractivity contribution in [3.05, 3.63) is 0 Å². The summed E-state index contributed by atoms with van der Waals surface area (Å²) in [5.74, 6) is -1.10. The van der Waals surface area contributed by atoms with Gasteiger partial charge in [0.2, 0.25) is 0 Å². The molecule has 0 aromatic rings. The van der Waals surface area contributed by atoms with Crippen LogP contribution in [0.15, 0.2) is 0 Å². The minimum absolute atomic E-state index is 0.140. The molecule has 0 saturated heterocycles. The zero-order valence-corrected chi connectivity index (χ0v) is 20.4. The Morgan fingerprint density at radius 2 is 0.867 bits per heavy atom. The van der Waals surface area contributed by atoms with Crippen LogP contribution in [0.25, 0.3) is 0 Å². The van der Waals surface area contributed by atoms with Crippen LogP contribution in [0.1, 0.15) is 149 Å². The van der Waals surface area contributed by atoms with Crippen LogP contribution in [0.5, 0.6) is 0 Å². The van der Waals surface area contributed by atoms with Gasteiger partial charge in [-0.25, -0.2) is 19.4 Å². The summed E-state index contributed by atoms with van der Waals surface area (Å²) in [6, 6.07) is 0. The summed E-state index contributed by atoms with van der Waals surface area (Å²) in [6.07, 6.45) is 24.9. The quantitative estimate of drug-likeness (QED) is 0.105. The Balaban J connectivity index is 3.71. The first-order valence-electron chi connectivity index (χ1n) is 13.0. The molecule has 0 amide bonds. The van der Waals surface area contributed by atoms with Crippen molar-refractivity contribution in [3.8, 4) is 0 Å². The molecule has 0 heterocycles. The second-order valence-electron chi connectivity index (χ2n) is 8.91. The molecule has 0 fully saturated rings. The van der Waals surface area contributed by atoms with E-state index in [2.05, 4.69) is 18.7 Å². The van der Waals surface area contributed by atoms with Gasteiger partial charge in [0, 0.05) is 6.92 Å². The van der Waals surface area contributed by atoms with Crippen molar-refractivity contribution < 1.29 is 19.4 Å². The molecule has 0 saturated carbocycles. The fourth-order valence-corrected chi connectivity index (χ4v) is 3.95. The summed E-state index contributed by atoms with van der Waals surface area (Å²) < 4.78 is 0. The third-order valence-corrected chi connectivity index (χ3v) is 5.89. The van der Waals surface area contributed by atoms with Crippen molar-refractivity contribution in [2.24, 2.45) is 5.92 Å². The van der Waals surface area contributed by atoms with Crippen molar-refractivity contribution >= 4 is 11.9 Å². The maximum absolute atomic E-state index is 12.2. The van der Waals surface area contributed by atoms with Gasteiger partial charge < -0.3 is 0 Å². The van der Waals surface area contributed by atoms with Crippen LogP contribution in [0, 0.1) is 5.92 Å². The molecule has 0 aromatic heterocycles. The average molecular weight is 427 g/mol. The van der Waals surface area contributed by atoms with Crippen molar-refractivity contribution in [1.82, 2.24) is 0 Å². The predicted molar refractivity (Wildman–Crippen MR) is 125 cm³/mol. The molecule has 0 spiro atoms. The minimum atomic E-state index is -0.579. The lowest BCUT2D eigenvalue weighted by Gasteiger charge is -2.14. The zero-order valence-electron chi connectivity index (χ0n) is 20.4. The van der Waals surface area contributed by atoms with Gasteiger partial charge >= 0.3 is 11.9 Å². The lowest BCUT2D eigenvalue weighted by atomic mass is 9.94. The maximum Gasteiger partial charge on any atom is 0.358 e. The van der Waals surface area contributed by atoms with Crippen LogP contribution in [0.3, 0.4) is 0 Å². The Kier molecular flexibility index (Phi) is 21.8. The molecule has 0 rings (SSSR count). The van der Waals surface area contributed by atoms with Gasteiger partial charge in [0.1, 0.15) is 0 Å². The fourth-order valence-electron chi connectivity index (χ4n) is 3.95.